The molecule has 1 nitrogen and oxygen atoms in total. The highest BCUT2D eigenvalue weighted by atomic mass is 79.9. The van der Waals surface area contributed by atoms with Gasteiger partial charge in [-0.3, -0.25) is 0 Å². The van der Waals surface area contributed by atoms with Crippen LogP contribution in [0.1, 0.15) is 47.4 Å². The van der Waals surface area contributed by atoms with E-state index in [1.807, 2.05) is 0 Å². The third-order valence-corrected chi connectivity index (χ3v) is 7.55. The fourth-order valence-corrected chi connectivity index (χ4v) is 6.24. The van der Waals surface area contributed by atoms with E-state index < -0.39 is 0 Å². The van der Waals surface area contributed by atoms with E-state index in [0.29, 0.717) is 29.7 Å². The normalized spacial score (nSPS) is 32.4. The molecule has 0 spiro atoms. The van der Waals surface area contributed by atoms with Crippen LogP contribution in [-0.2, 0) is 0 Å². The first kappa shape index (κ1) is 16.1. The monoisotopic (exact) mass is 421 g/mol. The standard InChI is InChI=1S/C24H21BrFN/c25-16-9-7-14(8-10-16)23-20-6-2-5-19(20)22-12-17(26)11-21-18-4-1-3-15(18)13-27(23)24(21)22/h1-2,4-5,7-12,15,18-20,23H,3,6,13H2. The van der Waals surface area contributed by atoms with Gasteiger partial charge in [-0.25, -0.2) is 4.39 Å². The van der Waals surface area contributed by atoms with E-state index in [4.69, 9.17) is 0 Å². The topological polar surface area (TPSA) is 3.24 Å². The molecule has 6 rings (SSSR count). The number of anilines is 1. The SMILES string of the molecule is Fc1cc2c3c(c1)C1C=CCC1C(c1ccc(Br)cc1)N3CC1CC=CC21. The molecule has 27 heavy (non-hydrogen) atoms. The molecule has 5 unspecified atom stereocenters. The number of allylic oxidation sites excluding steroid dienone is 4. The highest BCUT2D eigenvalue weighted by Gasteiger charge is 2.47. The molecule has 0 N–H and O–H groups in total. The van der Waals surface area contributed by atoms with Gasteiger partial charge in [0.05, 0.1) is 6.04 Å². The lowest BCUT2D eigenvalue weighted by molar-refractivity contribution is 0.333. The highest BCUT2D eigenvalue weighted by molar-refractivity contribution is 9.10. The van der Waals surface area contributed by atoms with Crippen LogP contribution in [-0.4, -0.2) is 6.54 Å². The Kier molecular flexibility index (Phi) is 3.47. The van der Waals surface area contributed by atoms with Crippen molar-refractivity contribution in [3.8, 4) is 0 Å². The van der Waals surface area contributed by atoms with Gasteiger partial charge in [0.1, 0.15) is 5.82 Å². The van der Waals surface area contributed by atoms with Gasteiger partial charge < -0.3 is 4.90 Å². The minimum Gasteiger partial charge on any atom is -0.363 e. The lowest BCUT2D eigenvalue weighted by atomic mass is 9.70. The zero-order chi connectivity index (χ0) is 18.1. The Morgan fingerprint density at radius 2 is 1.63 bits per heavy atom. The second-order valence-electron chi connectivity index (χ2n) is 8.38. The summed E-state index contributed by atoms with van der Waals surface area (Å²) in [6.45, 7) is 1.06. The Balaban J connectivity index is 1.59. The summed E-state index contributed by atoms with van der Waals surface area (Å²) in [5.41, 5.74) is 5.10. The van der Waals surface area contributed by atoms with Crippen molar-refractivity contribution < 1.29 is 4.39 Å². The number of hydrogen-bond acceptors (Lipinski definition) is 1. The molecule has 0 saturated carbocycles. The van der Waals surface area contributed by atoms with Crippen molar-refractivity contribution in [1.29, 1.82) is 0 Å². The maximum atomic E-state index is 14.6. The predicted octanol–water partition coefficient (Wildman–Crippen LogP) is 6.48. The summed E-state index contributed by atoms with van der Waals surface area (Å²) >= 11 is 3.58. The van der Waals surface area contributed by atoms with Crippen molar-refractivity contribution in [1.82, 2.24) is 0 Å². The van der Waals surface area contributed by atoms with Crippen molar-refractivity contribution in [3.05, 3.63) is 87.7 Å². The van der Waals surface area contributed by atoms with Gasteiger partial charge >= 0.3 is 0 Å². The number of hydrogen-bond donors (Lipinski definition) is 0. The fraction of sp³-hybridized carbons (Fsp3) is 0.333. The van der Waals surface area contributed by atoms with Crippen LogP contribution in [0.2, 0.25) is 0 Å². The molecule has 2 aliphatic heterocycles. The minimum absolute atomic E-state index is 0.0780. The zero-order valence-corrected chi connectivity index (χ0v) is 16.6. The van der Waals surface area contributed by atoms with Crippen molar-refractivity contribution >= 4 is 21.6 Å². The van der Waals surface area contributed by atoms with Crippen LogP contribution in [0.3, 0.4) is 0 Å². The van der Waals surface area contributed by atoms with Crippen LogP contribution < -0.4 is 4.90 Å². The first-order valence-corrected chi connectivity index (χ1v) is 10.7. The number of fused-ring (bicyclic) bond motifs is 4. The van der Waals surface area contributed by atoms with E-state index in [1.165, 1.54) is 22.4 Å². The second kappa shape index (κ2) is 5.81. The summed E-state index contributed by atoms with van der Waals surface area (Å²) in [6, 6.07) is 12.8. The Bertz CT molecular complexity index is 959. The molecule has 136 valence electrons. The van der Waals surface area contributed by atoms with Crippen LogP contribution in [0.5, 0.6) is 0 Å². The molecule has 3 heteroatoms. The fourth-order valence-electron chi connectivity index (χ4n) is 5.98. The van der Waals surface area contributed by atoms with Crippen molar-refractivity contribution in [3.63, 3.8) is 0 Å². The van der Waals surface area contributed by atoms with Crippen LogP contribution in [0.15, 0.2) is 65.2 Å². The van der Waals surface area contributed by atoms with Crippen LogP contribution in [0, 0.1) is 17.7 Å². The van der Waals surface area contributed by atoms with E-state index in [2.05, 4.69) is 69.4 Å². The van der Waals surface area contributed by atoms with E-state index in [1.54, 1.807) is 12.1 Å². The molecule has 2 heterocycles. The van der Waals surface area contributed by atoms with Gasteiger partial charge in [-0.2, -0.15) is 0 Å². The summed E-state index contributed by atoms with van der Waals surface area (Å²) in [5, 5.41) is 0. The molecule has 0 amide bonds. The quantitative estimate of drug-likeness (QED) is 0.476. The lowest BCUT2D eigenvalue weighted by Gasteiger charge is -2.51. The number of rotatable bonds is 1. The maximum Gasteiger partial charge on any atom is 0.123 e. The van der Waals surface area contributed by atoms with Gasteiger partial charge in [0.25, 0.3) is 0 Å². The van der Waals surface area contributed by atoms with Crippen molar-refractivity contribution in [2.24, 2.45) is 11.8 Å². The largest absolute Gasteiger partial charge is 0.363 e. The average Bonchev–Trinajstić information content (AvgIpc) is 3.32. The highest BCUT2D eigenvalue weighted by Crippen LogP contribution is 2.58. The third-order valence-electron chi connectivity index (χ3n) is 7.03. The van der Waals surface area contributed by atoms with Crippen LogP contribution in [0.25, 0.3) is 0 Å². The second-order valence-corrected chi connectivity index (χ2v) is 9.30. The maximum absolute atomic E-state index is 14.6. The number of benzene rings is 2. The number of nitrogens with zero attached hydrogens (tertiary/aromatic N) is 1. The zero-order valence-electron chi connectivity index (χ0n) is 15.0. The Morgan fingerprint density at radius 1 is 0.926 bits per heavy atom. The molecule has 0 bridgehead atoms. The minimum atomic E-state index is -0.0780. The first-order chi connectivity index (χ1) is 13.2. The summed E-state index contributed by atoms with van der Waals surface area (Å²) in [7, 11) is 0. The van der Waals surface area contributed by atoms with Gasteiger partial charge in [-0.15, -0.1) is 0 Å². The van der Waals surface area contributed by atoms with Crippen molar-refractivity contribution in [2.45, 2.75) is 30.7 Å². The lowest BCUT2D eigenvalue weighted by Crippen LogP contribution is -2.46. The molecule has 2 aliphatic carbocycles. The van der Waals surface area contributed by atoms with E-state index >= 15 is 0 Å². The summed E-state index contributed by atoms with van der Waals surface area (Å²) in [4.78, 5) is 2.62. The van der Waals surface area contributed by atoms with Gasteiger partial charge in [-0.1, -0.05) is 52.4 Å². The molecule has 0 aromatic heterocycles. The van der Waals surface area contributed by atoms with Gasteiger partial charge in [0.15, 0.2) is 0 Å². The average molecular weight is 422 g/mol. The molecular formula is C24H21BrFN. The summed E-state index contributed by atoms with van der Waals surface area (Å²) in [6.07, 6.45) is 11.4. The number of halogens is 2. The van der Waals surface area contributed by atoms with Crippen LogP contribution >= 0.6 is 15.9 Å². The van der Waals surface area contributed by atoms with E-state index in [-0.39, 0.29) is 5.82 Å². The smallest absolute Gasteiger partial charge is 0.123 e. The molecule has 5 atom stereocenters. The Morgan fingerprint density at radius 3 is 2.44 bits per heavy atom. The Labute approximate surface area is 167 Å². The van der Waals surface area contributed by atoms with Gasteiger partial charge in [0, 0.05) is 28.5 Å². The molecule has 0 radical (unpaired) electrons. The third kappa shape index (κ3) is 2.27. The molecular weight excluding hydrogens is 401 g/mol. The Hall–Kier alpha value is -1.87. The van der Waals surface area contributed by atoms with Gasteiger partial charge in [-0.05, 0) is 65.6 Å². The van der Waals surface area contributed by atoms with Crippen LogP contribution in [0.4, 0.5) is 10.1 Å². The molecule has 2 aromatic rings. The predicted molar refractivity (Wildman–Crippen MR) is 111 cm³/mol. The molecule has 4 aliphatic rings. The van der Waals surface area contributed by atoms with E-state index in [0.717, 1.165) is 23.9 Å². The van der Waals surface area contributed by atoms with E-state index in [9.17, 15) is 4.39 Å². The first-order valence-electron chi connectivity index (χ1n) is 9.89. The van der Waals surface area contributed by atoms with Gasteiger partial charge in [0.2, 0.25) is 0 Å². The molecule has 0 fully saturated rings. The molecule has 0 saturated heterocycles. The van der Waals surface area contributed by atoms with Crippen molar-refractivity contribution in [2.75, 3.05) is 11.4 Å². The molecule has 2 aromatic carbocycles. The summed E-state index contributed by atoms with van der Waals surface area (Å²) in [5.74, 6) is 1.67. The summed E-state index contributed by atoms with van der Waals surface area (Å²) < 4.78 is 15.7.